The molecule has 154 valence electrons. The van der Waals surface area contributed by atoms with Gasteiger partial charge in [-0.25, -0.2) is 9.78 Å². The van der Waals surface area contributed by atoms with Gasteiger partial charge >= 0.3 is 6.09 Å². The fraction of sp³-hybridized carbons (Fsp3) is 0.238. The molecule has 0 spiro atoms. The van der Waals surface area contributed by atoms with Crippen LogP contribution in [0.5, 0.6) is 5.88 Å². The number of Topliss-reactive ketones (excluding diaryl/α,β-unsaturated/α-hetero) is 1. The van der Waals surface area contributed by atoms with Gasteiger partial charge in [-0.1, -0.05) is 15.9 Å². The number of hydrogen-bond acceptors (Lipinski definition) is 6. The summed E-state index contributed by atoms with van der Waals surface area (Å²) in [4.78, 5) is 32.0. The van der Waals surface area contributed by atoms with Crippen LogP contribution < -0.4 is 15.4 Å². The first kappa shape index (κ1) is 20.1. The average Bonchev–Trinajstić information content (AvgIpc) is 3.57. The number of fused-ring (bicyclic) bond motifs is 1. The van der Waals surface area contributed by atoms with Crippen molar-refractivity contribution in [2.24, 2.45) is 5.92 Å². The molecule has 1 aliphatic carbocycles. The molecule has 3 aromatic rings. The lowest BCUT2D eigenvalue weighted by molar-refractivity contribution is 0.0968. The molecule has 1 aromatic carbocycles. The number of amides is 1. The van der Waals surface area contributed by atoms with Crippen LogP contribution in [0.4, 0.5) is 16.2 Å². The maximum atomic E-state index is 12.8. The number of hydrogen-bond donors (Lipinski definition) is 3. The first-order valence-corrected chi connectivity index (χ1v) is 10.3. The predicted molar refractivity (Wildman–Crippen MR) is 116 cm³/mol. The Labute approximate surface area is 180 Å². The van der Waals surface area contributed by atoms with Gasteiger partial charge < -0.3 is 20.5 Å². The zero-order valence-electron chi connectivity index (χ0n) is 15.9. The first-order valence-electron chi connectivity index (χ1n) is 9.46. The molecule has 1 aliphatic rings. The highest BCUT2D eigenvalue weighted by molar-refractivity contribution is 9.10. The summed E-state index contributed by atoms with van der Waals surface area (Å²) in [5, 5.41) is 14.9. The standard InChI is InChI=1S/C21H19BrN4O4/c22-13-3-5-17-15(9-13)19(16(11-24-17)20(27)12-1-2-12)26-14-4-6-18(25-10-14)30-8-7-23-21(28)29/h3-6,9-12,23H,1-2,7-8H2,(H,24,26)(H,28,29). The van der Waals surface area contributed by atoms with E-state index in [4.69, 9.17) is 9.84 Å². The second-order valence-corrected chi connectivity index (χ2v) is 7.85. The number of carbonyl (C=O) groups excluding carboxylic acids is 1. The van der Waals surface area contributed by atoms with E-state index in [9.17, 15) is 9.59 Å². The van der Waals surface area contributed by atoms with Crippen molar-refractivity contribution >= 4 is 50.1 Å². The van der Waals surface area contributed by atoms with Crippen LogP contribution in [-0.2, 0) is 0 Å². The van der Waals surface area contributed by atoms with Gasteiger partial charge in [0.05, 0.1) is 35.2 Å². The molecule has 0 bridgehead atoms. The molecule has 2 aromatic heterocycles. The second-order valence-electron chi connectivity index (χ2n) is 6.94. The topological polar surface area (TPSA) is 113 Å². The van der Waals surface area contributed by atoms with Crippen LogP contribution in [0.15, 0.2) is 47.2 Å². The van der Waals surface area contributed by atoms with E-state index >= 15 is 0 Å². The minimum Gasteiger partial charge on any atom is -0.476 e. The number of rotatable bonds is 8. The average molecular weight is 471 g/mol. The summed E-state index contributed by atoms with van der Waals surface area (Å²) >= 11 is 3.49. The molecule has 0 radical (unpaired) electrons. The minimum atomic E-state index is -1.10. The van der Waals surface area contributed by atoms with E-state index in [0.717, 1.165) is 28.2 Å². The van der Waals surface area contributed by atoms with E-state index in [0.29, 0.717) is 22.8 Å². The molecule has 30 heavy (non-hydrogen) atoms. The largest absolute Gasteiger partial charge is 0.476 e. The molecule has 2 heterocycles. The number of ketones is 1. The van der Waals surface area contributed by atoms with E-state index in [1.807, 2.05) is 18.2 Å². The van der Waals surface area contributed by atoms with Crippen LogP contribution >= 0.6 is 15.9 Å². The molecular weight excluding hydrogens is 452 g/mol. The number of carboxylic acid groups (broad SMARTS) is 1. The Morgan fingerprint density at radius 2 is 2.00 bits per heavy atom. The van der Waals surface area contributed by atoms with Gasteiger partial charge in [0, 0.05) is 28.0 Å². The van der Waals surface area contributed by atoms with Crippen molar-refractivity contribution in [2.45, 2.75) is 12.8 Å². The Bertz CT molecular complexity index is 1100. The number of nitrogens with one attached hydrogen (secondary N) is 2. The number of pyridine rings is 2. The van der Waals surface area contributed by atoms with E-state index in [-0.39, 0.29) is 24.9 Å². The van der Waals surface area contributed by atoms with Gasteiger partial charge in [-0.05, 0) is 37.1 Å². The molecule has 0 aliphatic heterocycles. The summed E-state index contributed by atoms with van der Waals surface area (Å²) in [6, 6.07) is 9.23. The smallest absolute Gasteiger partial charge is 0.404 e. The highest BCUT2D eigenvalue weighted by Gasteiger charge is 2.32. The summed E-state index contributed by atoms with van der Waals surface area (Å²) in [6.45, 7) is 0.344. The van der Waals surface area contributed by atoms with E-state index < -0.39 is 6.09 Å². The van der Waals surface area contributed by atoms with E-state index in [1.165, 1.54) is 0 Å². The number of anilines is 2. The van der Waals surface area contributed by atoms with Crippen LogP contribution in [0.25, 0.3) is 10.9 Å². The molecule has 1 saturated carbocycles. The Morgan fingerprint density at radius 1 is 1.17 bits per heavy atom. The molecule has 9 heteroatoms. The van der Waals surface area contributed by atoms with Crippen molar-refractivity contribution < 1.29 is 19.4 Å². The molecule has 0 saturated heterocycles. The Balaban J connectivity index is 1.57. The number of carbonyl (C=O) groups is 2. The summed E-state index contributed by atoms with van der Waals surface area (Å²) in [6.07, 6.45) is 3.98. The summed E-state index contributed by atoms with van der Waals surface area (Å²) in [5.74, 6) is 0.556. The third-order valence-electron chi connectivity index (χ3n) is 4.68. The van der Waals surface area contributed by atoms with Crippen LogP contribution in [-0.4, -0.2) is 40.1 Å². The zero-order valence-corrected chi connectivity index (χ0v) is 17.5. The summed E-state index contributed by atoms with van der Waals surface area (Å²) < 4.78 is 6.31. The fourth-order valence-electron chi connectivity index (χ4n) is 3.05. The van der Waals surface area contributed by atoms with Gasteiger partial charge in [0.2, 0.25) is 5.88 Å². The SMILES string of the molecule is O=C(O)NCCOc1ccc(Nc2c(C(=O)C3CC3)cnc3ccc(Br)cc23)cn1. The third-order valence-corrected chi connectivity index (χ3v) is 5.17. The molecule has 0 atom stereocenters. The van der Waals surface area contributed by atoms with Crippen molar-refractivity contribution in [3.8, 4) is 5.88 Å². The maximum Gasteiger partial charge on any atom is 0.404 e. The highest BCUT2D eigenvalue weighted by atomic mass is 79.9. The number of aromatic nitrogens is 2. The maximum absolute atomic E-state index is 12.8. The number of nitrogens with zero attached hydrogens (tertiary/aromatic N) is 2. The zero-order chi connectivity index (χ0) is 21.1. The lowest BCUT2D eigenvalue weighted by Crippen LogP contribution is -2.26. The predicted octanol–water partition coefficient (Wildman–Crippen LogP) is 4.38. The minimum absolute atomic E-state index is 0.0743. The quantitative estimate of drug-likeness (QED) is 0.330. The van der Waals surface area contributed by atoms with Crippen LogP contribution in [0.2, 0.25) is 0 Å². The molecule has 8 nitrogen and oxygen atoms in total. The van der Waals surface area contributed by atoms with Crippen LogP contribution in [0.3, 0.4) is 0 Å². The molecule has 3 N–H and O–H groups in total. The number of benzene rings is 1. The summed E-state index contributed by atoms with van der Waals surface area (Å²) in [7, 11) is 0. The number of halogens is 1. The van der Waals surface area contributed by atoms with E-state index in [1.54, 1.807) is 24.5 Å². The third kappa shape index (κ3) is 4.68. The van der Waals surface area contributed by atoms with Crippen molar-refractivity contribution in [3.05, 3.63) is 52.8 Å². The fourth-order valence-corrected chi connectivity index (χ4v) is 3.41. The van der Waals surface area contributed by atoms with E-state index in [2.05, 4.69) is 36.5 Å². The van der Waals surface area contributed by atoms with Crippen molar-refractivity contribution in [3.63, 3.8) is 0 Å². The molecule has 1 amide bonds. The van der Waals surface area contributed by atoms with Gasteiger partial charge in [-0.15, -0.1) is 0 Å². The van der Waals surface area contributed by atoms with Crippen molar-refractivity contribution in [1.29, 1.82) is 0 Å². The lowest BCUT2D eigenvalue weighted by Gasteiger charge is -2.15. The van der Waals surface area contributed by atoms with Crippen molar-refractivity contribution in [1.82, 2.24) is 15.3 Å². The molecule has 4 rings (SSSR count). The van der Waals surface area contributed by atoms with Gasteiger partial charge in [0.25, 0.3) is 0 Å². The Morgan fingerprint density at radius 3 is 2.70 bits per heavy atom. The molecule has 0 unspecified atom stereocenters. The highest BCUT2D eigenvalue weighted by Crippen LogP contribution is 2.38. The van der Waals surface area contributed by atoms with Gasteiger partial charge in [0.15, 0.2) is 5.78 Å². The Hall–Kier alpha value is -3.20. The second kappa shape index (κ2) is 8.66. The summed E-state index contributed by atoms with van der Waals surface area (Å²) in [5.41, 5.74) is 2.76. The lowest BCUT2D eigenvalue weighted by atomic mass is 10.0. The monoisotopic (exact) mass is 470 g/mol. The normalized spacial score (nSPS) is 13.1. The van der Waals surface area contributed by atoms with Crippen molar-refractivity contribution in [2.75, 3.05) is 18.5 Å². The number of ether oxygens (including phenoxy) is 1. The molecule has 1 fully saturated rings. The van der Waals surface area contributed by atoms with Gasteiger partial charge in [-0.3, -0.25) is 9.78 Å². The van der Waals surface area contributed by atoms with Crippen LogP contribution in [0, 0.1) is 5.92 Å². The first-order chi connectivity index (χ1) is 14.5. The Kier molecular flexibility index (Phi) is 5.80. The van der Waals surface area contributed by atoms with Gasteiger partial charge in [-0.2, -0.15) is 0 Å². The van der Waals surface area contributed by atoms with Gasteiger partial charge in [0.1, 0.15) is 6.61 Å². The molecular formula is C21H19BrN4O4. The van der Waals surface area contributed by atoms with Crippen LogP contribution in [0.1, 0.15) is 23.2 Å².